The molecule has 6 aliphatic heterocycles. The van der Waals surface area contributed by atoms with Gasteiger partial charge in [0.1, 0.15) is 54.9 Å². The molecule has 4 aromatic rings. The minimum atomic E-state index is -0.836. The van der Waals surface area contributed by atoms with Gasteiger partial charge >= 0.3 is 14.2 Å². The van der Waals surface area contributed by atoms with E-state index < -0.39 is 36.6 Å². The Morgan fingerprint density at radius 2 is 0.537 bits per heavy atom. The number of hydrogen-bond donors (Lipinski definition) is 0. The van der Waals surface area contributed by atoms with Crippen LogP contribution < -0.4 is 48.8 Å². The van der Waals surface area contributed by atoms with Gasteiger partial charge in [-0.15, -0.1) is 0 Å². The zero-order valence-electron chi connectivity index (χ0n) is 49.6. The van der Waals surface area contributed by atoms with Crippen molar-refractivity contribution in [2.24, 2.45) is 0 Å². The van der Waals surface area contributed by atoms with E-state index in [2.05, 4.69) is 139 Å². The first-order chi connectivity index (χ1) is 38.4. The molecule has 0 spiro atoms. The first kappa shape index (κ1) is 58.0. The summed E-state index contributed by atoms with van der Waals surface area (Å²) in [5, 5.41) is 0. The zero-order chi connectivity index (χ0) is 56.5. The van der Waals surface area contributed by atoms with Crippen molar-refractivity contribution < 1.29 is 56.5 Å². The summed E-state index contributed by atoms with van der Waals surface area (Å²) in [5.41, 5.74) is 7.28. The normalized spacial score (nSPS) is 22.9. The highest BCUT2D eigenvalue weighted by atomic mass is 79.9. The van der Waals surface area contributed by atoms with Crippen LogP contribution in [0.25, 0.3) is 0 Å². The fourth-order valence-electron chi connectivity index (χ4n) is 13.3. The van der Waals surface area contributed by atoms with E-state index in [1.807, 2.05) is 0 Å². The average Bonchev–Trinajstić information content (AvgIpc) is 3.82. The smallest absolute Gasteiger partial charge is 0.457 e. The molecule has 4 atom stereocenters. The summed E-state index contributed by atoms with van der Waals surface area (Å²) in [4.78, 5) is 0. The molecule has 432 valence electrons. The summed E-state index contributed by atoms with van der Waals surface area (Å²) in [6.45, 7) is 25.5. The standard InChI is InChI=1S/C64H84B2Br2O12/c1-13-17-21-25-37-41-29-42-38(26-22-18-14-2)47-32-48-40(28-24-20-16-4)44-30-43-39(27-23-19-15-3)46-31-45(37)57-51(67)58(46)74-35-71-55(43)50(66-79-63(9,10)64(11,12)80-66)56(44)72-36-76-60(48)52(68)59(47)75-34-70-54(42)49(53(41)69-33-73-57)65-77-61(5,6)62(7,8)78-65/h29-32,37-40H,13-28,33-36H2,1-12H3. The zero-order valence-corrected chi connectivity index (χ0v) is 52.7. The molecule has 6 heterocycles. The lowest BCUT2D eigenvalue weighted by molar-refractivity contribution is 0.00578. The van der Waals surface area contributed by atoms with Gasteiger partial charge in [0.05, 0.1) is 33.3 Å². The highest BCUT2D eigenvalue weighted by Crippen LogP contribution is 2.59. The molecular formula is C64H84B2Br2O12. The van der Waals surface area contributed by atoms with E-state index in [0.717, 1.165) is 167 Å². The Bertz CT molecular complexity index is 2600. The molecule has 2 saturated heterocycles. The van der Waals surface area contributed by atoms with Gasteiger partial charge in [-0.3, -0.25) is 0 Å². The molecule has 11 rings (SSSR count). The van der Waals surface area contributed by atoms with Gasteiger partial charge in [-0.05, 0) is 137 Å². The Morgan fingerprint density at radius 3 is 0.750 bits per heavy atom. The number of benzene rings is 4. The van der Waals surface area contributed by atoms with Crippen LogP contribution in [0.3, 0.4) is 0 Å². The van der Waals surface area contributed by atoms with Crippen LogP contribution in [0.1, 0.15) is 254 Å². The molecule has 2 fully saturated rings. The number of halogens is 2. The highest BCUT2D eigenvalue weighted by Gasteiger charge is 2.57. The Morgan fingerprint density at radius 1 is 0.338 bits per heavy atom. The SMILES string of the molecule is CCCCCC1c2cc3c4c(Br)c2OCOc2c1cc1c(c2B2OC(C)(C)C(C)(C)O2)OCOc2c(cc5c(c2Br)OCOc2c(cc(c(c2B2OC(C)(C)C(C)(C)O2)OCO4)C3CCCCC)C5CCCCC)C1CCCCC. The summed E-state index contributed by atoms with van der Waals surface area (Å²) in [6.07, 6.45) is 15.6. The summed E-state index contributed by atoms with van der Waals surface area (Å²) in [7, 11) is -1.67. The number of hydrogen-bond acceptors (Lipinski definition) is 12. The third kappa shape index (κ3) is 10.1. The van der Waals surface area contributed by atoms with Crippen LogP contribution in [0.5, 0.6) is 46.0 Å². The van der Waals surface area contributed by atoms with Crippen molar-refractivity contribution in [2.75, 3.05) is 27.2 Å². The van der Waals surface area contributed by atoms with Gasteiger partial charge in [0.15, 0.2) is 0 Å². The van der Waals surface area contributed by atoms with Crippen molar-refractivity contribution in [3.05, 3.63) is 77.7 Å². The summed E-state index contributed by atoms with van der Waals surface area (Å²) in [6, 6.07) is 9.66. The minimum absolute atomic E-state index is 0.0923. The van der Waals surface area contributed by atoms with Crippen molar-refractivity contribution in [1.82, 2.24) is 0 Å². The maximum atomic E-state index is 7.12. The molecule has 0 radical (unpaired) electrons. The number of unbranched alkanes of at least 4 members (excludes halogenated alkanes) is 8. The molecule has 16 heteroatoms. The summed E-state index contributed by atoms with van der Waals surface area (Å²) >= 11 is 8.41. The van der Waals surface area contributed by atoms with Crippen molar-refractivity contribution in [1.29, 1.82) is 0 Å². The molecule has 0 amide bonds. The average molecular weight is 1230 g/mol. The van der Waals surface area contributed by atoms with Gasteiger partial charge in [0, 0.05) is 68.2 Å². The van der Waals surface area contributed by atoms with Crippen molar-refractivity contribution >= 4 is 57.0 Å². The molecular weight excluding hydrogens is 1140 g/mol. The van der Waals surface area contributed by atoms with Crippen molar-refractivity contribution in [3.8, 4) is 46.0 Å². The second kappa shape index (κ2) is 23.0. The van der Waals surface area contributed by atoms with E-state index in [9.17, 15) is 0 Å². The van der Waals surface area contributed by atoms with Gasteiger partial charge in [0.25, 0.3) is 0 Å². The molecule has 80 heavy (non-hydrogen) atoms. The molecule has 0 N–H and O–H groups in total. The molecule has 1 aliphatic carbocycles. The Kier molecular flexibility index (Phi) is 16.7. The largest absolute Gasteiger partial charge is 0.502 e. The van der Waals surface area contributed by atoms with E-state index in [1.165, 1.54) is 0 Å². The maximum absolute atomic E-state index is 7.12. The highest BCUT2D eigenvalue weighted by molar-refractivity contribution is 9.11. The molecule has 4 aromatic carbocycles. The van der Waals surface area contributed by atoms with E-state index in [0.29, 0.717) is 46.0 Å². The lowest BCUT2D eigenvalue weighted by Gasteiger charge is -2.37. The van der Waals surface area contributed by atoms with Crippen LogP contribution in [0.4, 0.5) is 0 Å². The summed E-state index contributed by atoms with van der Waals surface area (Å²) in [5.74, 6) is 4.61. The fourth-order valence-corrected chi connectivity index (χ4v) is 14.7. The second-order valence-electron chi connectivity index (χ2n) is 25.3. The van der Waals surface area contributed by atoms with Gasteiger partial charge in [-0.25, -0.2) is 0 Å². The van der Waals surface area contributed by atoms with Gasteiger partial charge in [0.2, 0.25) is 27.2 Å². The van der Waals surface area contributed by atoms with Crippen molar-refractivity contribution in [3.63, 3.8) is 0 Å². The van der Waals surface area contributed by atoms with E-state index in [1.54, 1.807) is 0 Å². The molecule has 8 bridgehead atoms. The molecule has 12 nitrogen and oxygen atoms in total. The first-order valence-corrected chi connectivity index (χ1v) is 31.8. The second-order valence-corrected chi connectivity index (χ2v) is 26.9. The van der Waals surface area contributed by atoms with E-state index >= 15 is 0 Å². The molecule has 0 aromatic heterocycles. The monoisotopic (exact) mass is 1220 g/mol. The summed E-state index contributed by atoms with van der Waals surface area (Å²) < 4.78 is 86.4. The van der Waals surface area contributed by atoms with Crippen LogP contribution in [0.15, 0.2) is 33.2 Å². The minimum Gasteiger partial charge on any atom is -0.457 e. The maximum Gasteiger partial charge on any atom is 0.502 e. The van der Waals surface area contributed by atoms with Gasteiger partial charge in [-0.1, -0.05) is 105 Å². The molecule has 4 unspecified atom stereocenters. The quantitative estimate of drug-likeness (QED) is 0.0699. The van der Waals surface area contributed by atoms with Crippen LogP contribution in [-0.2, 0) is 18.6 Å². The third-order valence-corrected chi connectivity index (χ3v) is 20.6. The number of ether oxygens (including phenoxy) is 8. The Labute approximate surface area is 493 Å². The van der Waals surface area contributed by atoms with E-state index in [-0.39, 0.29) is 50.8 Å². The van der Waals surface area contributed by atoms with Gasteiger partial charge in [-0.2, -0.15) is 0 Å². The Balaban J connectivity index is 1.31. The molecule has 0 saturated carbocycles. The third-order valence-electron chi connectivity index (χ3n) is 19.1. The lowest BCUT2D eigenvalue weighted by Crippen LogP contribution is -2.41. The molecule has 7 aliphatic rings. The van der Waals surface area contributed by atoms with Gasteiger partial charge < -0.3 is 56.5 Å². The van der Waals surface area contributed by atoms with Crippen LogP contribution >= 0.6 is 31.9 Å². The fraction of sp³-hybridized carbons (Fsp3) is 0.625. The van der Waals surface area contributed by atoms with Crippen molar-refractivity contribution in [2.45, 2.75) is 232 Å². The predicted octanol–water partition coefficient (Wildman–Crippen LogP) is 15.9. The first-order valence-electron chi connectivity index (χ1n) is 30.2. The lowest BCUT2D eigenvalue weighted by atomic mass is 9.69. The topological polar surface area (TPSA) is 111 Å². The van der Waals surface area contributed by atoms with E-state index in [4.69, 9.17) is 56.5 Å². The van der Waals surface area contributed by atoms with Crippen LogP contribution in [0, 0.1) is 0 Å². The van der Waals surface area contributed by atoms with Crippen LogP contribution in [-0.4, -0.2) is 63.8 Å². The predicted molar refractivity (Wildman–Crippen MR) is 321 cm³/mol. The number of rotatable bonds is 18. The Hall–Kier alpha value is -3.79. The van der Waals surface area contributed by atoms with Crippen LogP contribution in [0.2, 0.25) is 0 Å².